The van der Waals surface area contributed by atoms with Gasteiger partial charge in [0.25, 0.3) is 5.91 Å². The molecule has 0 aromatic heterocycles. The quantitative estimate of drug-likeness (QED) is 0.793. The van der Waals surface area contributed by atoms with Crippen molar-refractivity contribution in [2.24, 2.45) is 0 Å². The van der Waals surface area contributed by atoms with E-state index in [1.54, 1.807) is 4.72 Å². The first-order valence-corrected chi connectivity index (χ1v) is 8.49. The van der Waals surface area contributed by atoms with Crippen molar-refractivity contribution < 1.29 is 26.0 Å². The van der Waals surface area contributed by atoms with Gasteiger partial charge < -0.3 is 0 Å². The molecule has 0 bridgehead atoms. The van der Waals surface area contributed by atoms with Crippen LogP contribution >= 0.6 is 0 Å². The predicted molar refractivity (Wildman–Crippen MR) is 66.0 cm³/mol. The number of amides is 1. The Bertz CT molecular complexity index is 679. The Balaban J connectivity index is 3.07. The van der Waals surface area contributed by atoms with Gasteiger partial charge in [-0.3, -0.25) is 9.52 Å². The molecule has 0 aliphatic carbocycles. The second-order valence-electron chi connectivity index (χ2n) is 3.88. The molecule has 1 aromatic carbocycles. The fourth-order valence-corrected chi connectivity index (χ4v) is 3.12. The average Bonchev–Trinajstić information content (AvgIpc) is 2.26. The summed E-state index contributed by atoms with van der Waals surface area (Å²) in [5.74, 6) is -1.78. The van der Waals surface area contributed by atoms with E-state index in [-0.39, 0.29) is 4.90 Å². The van der Waals surface area contributed by atoms with E-state index in [0.29, 0.717) is 0 Å². The van der Waals surface area contributed by atoms with Gasteiger partial charge in [0, 0.05) is 0 Å². The van der Waals surface area contributed by atoms with Crippen LogP contribution in [0.3, 0.4) is 0 Å². The van der Waals surface area contributed by atoms with Crippen LogP contribution in [0.2, 0.25) is 0 Å². The first-order chi connectivity index (χ1) is 8.54. The van der Waals surface area contributed by atoms with Crippen LogP contribution in [0.25, 0.3) is 0 Å². The van der Waals surface area contributed by atoms with Crippen LogP contribution < -0.4 is 4.72 Å². The van der Waals surface area contributed by atoms with Crippen LogP contribution in [0.1, 0.15) is 6.92 Å². The lowest BCUT2D eigenvalue weighted by Gasteiger charge is -2.12. The Hall–Kier alpha value is -1.48. The zero-order valence-electron chi connectivity index (χ0n) is 10.1. The molecule has 9 heteroatoms. The van der Waals surface area contributed by atoms with Gasteiger partial charge in [-0.05, 0) is 31.2 Å². The zero-order valence-corrected chi connectivity index (χ0v) is 11.8. The predicted octanol–water partition coefficient (Wildman–Crippen LogP) is 0.0637. The fourth-order valence-electron chi connectivity index (χ4n) is 1.24. The number of nitrogens with one attached hydrogen (secondary N) is 1. The monoisotopic (exact) mass is 309 g/mol. The Morgan fingerprint density at radius 3 is 2.05 bits per heavy atom. The number of halogens is 1. The topological polar surface area (TPSA) is 97.4 Å². The van der Waals surface area contributed by atoms with E-state index in [1.807, 2.05) is 0 Å². The third-order valence-electron chi connectivity index (χ3n) is 2.26. The standard InChI is InChI=1S/C10H12FNO5S2/c1-7(10(13)12-18(2,14)15)19(16,17)9-5-3-8(11)4-6-9/h3-7H,1-2H3,(H,12,13)/t7-/m1/s1. The molecule has 0 spiro atoms. The second-order valence-corrected chi connectivity index (χ2v) is 7.90. The number of rotatable bonds is 4. The largest absolute Gasteiger partial charge is 0.273 e. The summed E-state index contributed by atoms with van der Waals surface area (Å²) >= 11 is 0. The van der Waals surface area contributed by atoms with Crippen LogP contribution in [0.4, 0.5) is 4.39 Å². The average molecular weight is 309 g/mol. The highest BCUT2D eigenvalue weighted by molar-refractivity contribution is 7.93. The number of sulfone groups is 1. The van der Waals surface area contributed by atoms with E-state index in [9.17, 15) is 26.0 Å². The molecule has 0 unspecified atom stereocenters. The maximum atomic E-state index is 12.7. The molecule has 1 atom stereocenters. The van der Waals surface area contributed by atoms with Crippen molar-refractivity contribution in [1.29, 1.82) is 0 Å². The summed E-state index contributed by atoms with van der Waals surface area (Å²) in [4.78, 5) is 11.2. The SMILES string of the molecule is C[C@H](C(=O)NS(C)(=O)=O)S(=O)(=O)c1ccc(F)cc1. The van der Waals surface area contributed by atoms with Crippen molar-refractivity contribution in [2.75, 3.05) is 6.26 Å². The lowest BCUT2D eigenvalue weighted by Crippen LogP contribution is -2.40. The summed E-state index contributed by atoms with van der Waals surface area (Å²) in [6, 6.07) is 3.89. The highest BCUT2D eigenvalue weighted by atomic mass is 32.2. The molecule has 0 aliphatic heterocycles. The van der Waals surface area contributed by atoms with E-state index in [1.165, 1.54) is 0 Å². The van der Waals surface area contributed by atoms with Gasteiger partial charge in [-0.1, -0.05) is 0 Å². The lowest BCUT2D eigenvalue weighted by molar-refractivity contribution is -0.118. The van der Waals surface area contributed by atoms with E-state index in [2.05, 4.69) is 0 Å². The normalized spacial score (nSPS) is 13.8. The van der Waals surface area contributed by atoms with Crippen LogP contribution in [0, 0.1) is 5.82 Å². The second kappa shape index (κ2) is 5.25. The van der Waals surface area contributed by atoms with Crippen LogP contribution in [0.5, 0.6) is 0 Å². The number of sulfonamides is 1. The van der Waals surface area contributed by atoms with Crippen LogP contribution in [-0.2, 0) is 24.7 Å². The van der Waals surface area contributed by atoms with Gasteiger partial charge in [0.05, 0.1) is 11.2 Å². The molecule has 0 radical (unpaired) electrons. The number of carbonyl (C=O) groups excluding carboxylic acids is 1. The number of hydrogen-bond donors (Lipinski definition) is 1. The molecule has 0 saturated heterocycles. The highest BCUT2D eigenvalue weighted by Gasteiger charge is 2.31. The van der Waals surface area contributed by atoms with Crippen molar-refractivity contribution >= 4 is 25.8 Å². The van der Waals surface area contributed by atoms with E-state index in [4.69, 9.17) is 0 Å². The maximum absolute atomic E-state index is 12.7. The van der Waals surface area contributed by atoms with E-state index < -0.39 is 36.8 Å². The van der Waals surface area contributed by atoms with Crippen molar-refractivity contribution in [3.8, 4) is 0 Å². The van der Waals surface area contributed by atoms with E-state index >= 15 is 0 Å². The Kier molecular flexibility index (Phi) is 4.31. The molecule has 1 aromatic rings. The Morgan fingerprint density at radius 2 is 1.63 bits per heavy atom. The molecule has 0 saturated carbocycles. The summed E-state index contributed by atoms with van der Waals surface area (Å²) in [5.41, 5.74) is 0. The smallest absolute Gasteiger partial charge is 0.251 e. The van der Waals surface area contributed by atoms with Crippen molar-refractivity contribution in [1.82, 2.24) is 4.72 Å². The van der Waals surface area contributed by atoms with Crippen molar-refractivity contribution in [3.63, 3.8) is 0 Å². The molecule has 0 heterocycles. The van der Waals surface area contributed by atoms with Gasteiger partial charge in [-0.25, -0.2) is 21.2 Å². The van der Waals surface area contributed by atoms with Gasteiger partial charge in [-0.2, -0.15) is 0 Å². The zero-order chi connectivity index (χ0) is 14.8. The first-order valence-electron chi connectivity index (χ1n) is 5.05. The minimum Gasteiger partial charge on any atom is -0.273 e. The number of carbonyl (C=O) groups is 1. The number of benzene rings is 1. The summed E-state index contributed by atoms with van der Waals surface area (Å²) in [7, 11) is -7.91. The minimum atomic E-state index is -4.07. The van der Waals surface area contributed by atoms with Crippen LogP contribution in [0.15, 0.2) is 29.2 Å². The maximum Gasteiger partial charge on any atom is 0.251 e. The molecule has 1 rings (SSSR count). The molecular weight excluding hydrogens is 297 g/mol. The molecule has 0 aliphatic rings. The van der Waals surface area contributed by atoms with Crippen molar-refractivity contribution in [3.05, 3.63) is 30.1 Å². The molecule has 1 N–H and O–H groups in total. The fraction of sp³-hybridized carbons (Fsp3) is 0.300. The molecule has 19 heavy (non-hydrogen) atoms. The number of hydrogen-bond acceptors (Lipinski definition) is 5. The minimum absolute atomic E-state index is 0.259. The molecule has 1 amide bonds. The molecule has 6 nitrogen and oxygen atoms in total. The lowest BCUT2D eigenvalue weighted by atomic mass is 10.3. The van der Waals surface area contributed by atoms with Gasteiger partial charge in [0.1, 0.15) is 11.1 Å². The van der Waals surface area contributed by atoms with Gasteiger partial charge in [0.15, 0.2) is 9.84 Å². The molecule has 106 valence electrons. The van der Waals surface area contributed by atoms with Gasteiger partial charge >= 0.3 is 0 Å². The molecular formula is C10H12FNO5S2. The van der Waals surface area contributed by atoms with Gasteiger partial charge in [0.2, 0.25) is 10.0 Å². The third-order valence-corrected chi connectivity index (χ3v) is 4.91. The first kappa shape index (κ1) is 15.6. The Labute approximate surface area is 110 Å². The van der Waals surface area contributed by atoms with Crippen LogP contribution in [-0.4, -0.2) is 34.2 Å². The summed E-state index contributed by atoms with van der Waals surface area (Å²) in [6.45, 7) is 1.05. The molecule has 0 fully saturated rings. The third kappa shape index (κ3) is 4.00. The summed E-state index contributed by atoms with van der Waals surface area (Å²) in [6.07, 6.45) is 0.738. The van der Waals surface area contributed by atoms with Gasteiger partial charge in [-0.15, -0.1) is 0 Å². The summed E-state index contributed by atoms with van der Waals surface area (Å²) in [5, 5.41) is -1.60. The summed E-state index contributed by atoms with van der Waals surface area (Å²) < 4.78 is 60.0. The van der Waals surface area contributed by atoms with Crippen molar-refractivity contribution in [2.45, 2.75) is 17.1 Å². The highest BCUT2D eigenvalue weighted by Crippen LogP contribution is 2.16. The van der Waals surface area contributed by atoms with E-state index in [0.717, 1.165) is 37.4 Å². The Morgan fingerprint density at radius 1 is 1.16 bits per heavy atom.